The summed E-state index contributed by atoms with van der Waals surface area (Å²) in [6.07, 6.45) is 3.31. The van der Waals surface area contributed by atoms with Gasteiger partial charge in [-0.1, -0.05) is 19.9 Å². The average Bonchev–Trinajstić information content (AvgIpc) is 2.99. The predicted octanol–water partition coefficient (Wildman–Crippen LogP) is 3.71. The van der Waals surface area contributed by atoms with Crippen LogP contribution in [0.15, 0.2) is 24.4 Å². The lowest BCUT2D eigenvalue weighted by atomic mass is 10.1. The van der Waals surface area contributed by atoms with E-state index in [1.54, 1.807) is 10.9 Å². The van der Waals surface area contributed by atoms with Gasteiger partial charge in [0, 0.05) is 20.0 Å². The summed E-state index contributed by atoms with van der Waals surface area (Å²) in [5.74, 6) is 0.0812. The van der Waals surface area contributed by atoms with Crippen molar-refractivity contribution >= 4 is 17.6 Å². The maximum Gasteiger partial charge on any atom is 0.259 e. The summed E-state index contributed by atoms with van der Waals surface area (Å²) >= 11 is 0. The van der Waals surface area contributed by atoms with E-state index in [9.17, 15) is 9.59 Å². The smallest absolute Gasteiger partial charge is 0.259 e. The van der Waals surface area contributed by atoms with Crippen LogP contribution in [-0.4, -0.2) is 39.6 Å². The Hall–Kier alpha value is -2.63. The van der Waals surface area contributed by atoms with Gasteiger partial charge in [-0.05, 0) is 49.9 Å². The highest BCUT2D eigenvalue weighted by Gasteiger charge is 2.23. The van der Waals surface area contributed by atoms with Crippen molar-refractivity contribution in [3.63, 3.8) is 0 Å². The zero-order chi connectivity index (χ0) is 19.3. The minimum atomic E-state index is -0.234. The van der Waals surface area contributed by atoms with Gasteiger partial charge < -0.3 is 10.2 Å². The Morgan fingerprint density at radius 2 is 1.77 bits per heavy atom. The predicted molar refractivity (Wildman–Crippen MR) is 104 cm³/mol. The molecule has 0 fully saturated rings. The molecule has 6 nitrogen and oxygen atoms in total. The summed E-state index contributed by atoms with van der Waals surface area (Å²) < 4.78 is 1.62. The highest BCUT2D eigenvalue weighted by Crippen LogP contribution is 2.23. The van der Waals surface area contributed by atoms with Gasteiger partial charge in [0.2, 0.25) is 5.91 Å². The first kappa shape index (κ1) is 19.7. The minimum absolute atomic E-state index is 0.104. The molecule has 1 N–H and O–H groups in total. The first-order valence-corrected chi connectivity index (χ1v) is 9.11. The molecule has 6 heteroatoms. The number of carbonyl (C=O) groups is 2. The zero-order valence-corrected chi connectivity index (χ0v) is 16.3. The van der Waals surface area contributed by atoms with E-state index in [1.807, 2.05) is 50.8 Å². The fraction of sp³-hybridized carbons (Fsp3) is 0.450. The third kappa shape index (κ3) is 4.31. The molecule has 0 saturated carbocycles. The first-order valence-electron chi connectivity index (χ1n) is 9.11. The van der Waals surface area contributed by atoms with E-state index in [0.717, 1.165) is 24.1 Å². The molecule has 1 heterocycles. The molecule has 0 aliphatic rings. The molecule has 0 unspecified atom stereocenters. The van der Waals surface area contributed by atoms with Crippen molar-refractivity contribution in [1.82, 2.24) is 14.7 Å². The fourth-order valence-corrected chi connectivity index (χ4v) is 2.87. The number of nitrogens with zero attached hydrogens (tertiary/aromatic N) is 3. The quantitative estimate of drug-likeness (QED) is 0.822. The number of rotatable bonds is 7. The summed E-state index contributed by atoms with van der Waals surface area (Å²) in [5.41, 5.74) is 3.53. The van der Waals surface area contributed by atoms with Crippen molar-refractivity contribution in [2.75, 3.05) is 18.4 Å². The third-order valence-electron chi connectivity index (χ3n) is 4.30. The topological polar surface area (TPSA) is 67.2 Å². The Bertz CT molecular complexity index is 789. The minimum Gasteiger partial charge on any atom is -0.339 e. The number of anilines is 1. The van der Waals surface area contributed by atoms with Crippen molar-refractivity contribution in [1.29, 1.82) is 0 Å². The monoisotopic (exact) mass is 356 g/mol. The summed E-state index contributed by atoms with van der Waals surface area (Å²) in [4.78, 5) is 26.6. The molecule has 2 rings (SSSR count). The van der Waals surface area contributed by atoms with E-state index in [4.69, 9.17) is 0 Å². The van der Waals surface area contributed by atoms with Crippen molar-refractivity contribution in [2.24, 2.45) is 0 Å². The van der Waals surface area contributed by atoms with Gasteiger partial charge in [0.05, 0.1) is 11.9 Å². The molecule has 0 radical (unpaired) electrons. The van der Waals surface area contributed by atoms with E-state index in [1.165, 1.54) is 12.5 Å². The molecule has 0 aliphatic heterocycles. The van der Waals surface area contributed by atoms with E-state index < -0.39 is 0 Å². The lowest BCUT2D eigenvalue weighted by Crippen LogP contribution is -2.33. The maximum absolute atomic E-state index is 13.0. The second-order valence-corrected chi connectivity index (χ2v) is 6.56. The van der Waals surface area contributed by atoms with E-state index in [-0.39, 0.29) is 11.8 Å². The van der Waals surface area contributed by atoms with Crippen LogP contribution in [0, 0.1) is 13.8 Å². The van der Waals surface area contributed by atoms with Crippen LogP contribution in [0.3, 0.4) is 0 Å². The standard InChI is InChI=1S/C20H28N4O2/c1-6-10-23(11-7-2)20(26)18-13-21-24(19(18)22-16(5)25)17-9-8-14(3)15(4)12-17/h8-9,12-13H,6-7,10-11H2,1-5H3,(H,22,25). The Morgan fingerprint density at radius 1 is 1.12 bits per heavy atom. The molecule has 2 aromatic rings. The lowest BCUT2D eigenvalue weighted by molar-refractivity contribution is -0.114. The molecule has 0 atom stereocenters. The molecular weight excluding hydrogens is 328 g/mol. The normalized spacial score (nSPS) is 10.7. The van der Waals surface area contributed by atoms with Crippen LogP contribution in [0.2, 0.25) is 0 Å². The Balaban J connectivity index is 2.50. The summed E-state index contributed by atoms with van der Waals surface area (Å²) in [7, 11) is 0. The molecule has 26 heavy (non-hydrogen) atoms. The number of carbonyl (C=O) groups excluding carboxylic acids is 2. The number of amides is 2. The van der Waals surface area contributed by atoms with Crippen LogP contribution < -0.4 is 5.32 Å². The zero-order valence-electron chi connectivity index (χ0n) is 16.3. The molecule has 1 aromatic carbocycles. The van der Waals surface area contributed by atoms with E-state index in [2.05, 4.69) is 10.4 Å². The SMILES string of the molecule is CCCN(CCC)C(=O)c1cnn(-c2ccc(C)c(C)c2)c1NC(C)=O. The number of nitrogens with one attached hydrogen (secondary N) is 1. The van der Waals surface area contributed by atoms with E-state index >= 15 is 0 Å². The lowest BCUT2D eigenvalue weighted by Gasteiger charge is -2.21. The highest BCUT2D eigenvalue weighted by molar-refractivity contribution is 6.02. The van der Waals surface area contributed by atoms with Gasteiger partial charge in [-0.3, -0.25) is 9.59 Å². The molecular formula is C20H28N4O2. The fourth-order valence-electron chi connectivity index (χ4n) is 2.87. The number of hydrogen-bond acceptors (Lipinski definition) is 3. The van der Waals surface area contributed by atoms with Crippen molar-refractivity contribution in [3.05, 3.63) is 41.1 Å². The van der Waals surface area contributed by atoms with Gasteiger partial charge in [0.25, 0.3) is 5.91 Å². The van der Waals surface area contributed by atoms with Crippen molar-refractivity contribution in [3.8, 4) is 5.69 Å². The Kier molecular flexibility index (Phi) is 6.55. The van der Waals surface area contributed by atoms with Gasteiger partial charge in [-0.15, -0.1) is 0 Å². The van der Waals surface area contributed by atoms with Crippen LogP contribution in [-0.2, 0) is 4.79 Å². The van der Waals surface area contributed by atoms with Gasteiger partial charge >= 0.3 is 0 Å². The Labute approximate surface area is 155 Å². The Morgan fingerprint density at radius 3 is 2.31 bits per heavy atom. The van der Waals surface area contributed by atoms with Crippen LogP contribution in [0.1, 0.15) is 55.1 Å². The second-order valence-electron chi connectivity index (χ2n) is 6.56. The van der Waals surface area contributed by atoms with Crippen LogP contribution in [0.4, 0.5) is 5.82 Å². The van der Waals surface area contributed by atoms with Crippen LogP contribution in [0.5, 0.6) is 0 Å². The van der Waals surface area contributed by atoms with Crippen molar-refractivity contribution in [2.45, 2.75) is 47.5 Å². The van der Waals surface area contributed by atoms with Gasteiger partial charge in [-0.25, -0.2) is 4.68 Å². The molecule has 0 spiro atoms. The summed E-state index contributed by atoms with van der Waals surface area (Å²) in [5, 5.41) is 7.18. The number of aromatic nitrogens is 2. The third-order valence-corrected chi connectivity index (χ3v) is 4.30. The summed E-state index contributed by atoms with van der Waals surface area (Å²) in [6.45, 7) is 11.0. The van der Waals surface area contributed by atoms with Gasteiger partial charge in [-0.2, -0.15) is 5.10 Å². The first-order chi connectivity index (χ1) is 12.4. The molecule has 0 saturated heterocycles. The summed E-state index contributed by atoms with van der Waals surface area (Å²) in [6, 6.07) is 5.94. The van der Waals surface area contributed by atoms with Crippen LogP contribution in [0.25, 0.3) is 5.69 Å². The molecule has 140 valence electrons. The molecule has 1 aromatic heterocycles. The number of aryl methyl sites for hydroxylation is 2. The van der Waals surface area contributed by atoms with E-state index in [0.29, 0.717) is 24.5 Å². The highest BCUT2D eigenvalue weighted by atomic mass is 16.2. The second kappa shape index (κ2) is 8.65. The number of hydrogen-bond donors (Lipinski definition) is 1. The van der Waals surface area contributed by atoms with Crippen LogP contribution >= 0.6 is 0 Å². The molecule has 0 aliphatic carbocycles. The van der Waals surface area contributed by atoms with Gasteiger partial charge in [0.15, 0.2) is 0 Å². The number of benzene rings is 1. The van der Waals surface area contributed by atoms with Gasteiger partial charge in [0.1, 0.15) is 11.4 Å². The molecule has 0 bridgehead atoms. The molecule has 2 amide bonds. The maximum atomic E-state index is 13.0. The van der Waals surface area contributed by atoms with Crippen molar-refractivity contribution < 1.29 is 9.59 Å². The largest absolute Gasteiger partial charge is 0.339 e. The average molecular weight is 356 g/mol.